The molecule has 1 aromatic rings. The number of aliphatic hydroxyl groups excluding tert-OH is 1. The summed E-state index contributed by atoms with van der Waals surface area (Å²) in [5, 5.41) is 9.49. The van der Waals surface area contributed by atoms with E-state index in [0.717, 1.165) is 17.7 Å². The van der Waals surface area contributed by atoms with Crippen LogP contribution in [0.5, 0.6) is 5.75 Å². The van der Waals surface area contributed by atoms with Crippen molar-refractivity contribution in [3.05, 3.63) is 35.9 Å². The number of carbonyl (C=O) groups excluding carboxylic acids is 1. The molecule has 1 saturated heterocycles. The van der Waals surface area contributed by atoms with Crippen LogP contribution in [0, 0.1) is 0 Å². The van der Waals surface area contributed by atoms with Crippen molar-refractivity contribution in [2.75, 3.05) is 13.1 Å². The second-order valence-corrected chi connectivity index (χ2v) is 5.76. The van der Waals surface area contributed by atoms with Gasteiger partial charge < -0.3 is 14.7 Å². The Morgan fingerprint density at radius 2 is 2.09 bits per heavy atom. The first-order valence-corrected chi connectivity index (χ1v) is 8.01. The van der Waals surface area contributed by atoms with Crippen molar-refractivity contribution in [3.8, 4) is 5.75 Å². The summed E-state index contributed by atoms with van der Waals surface area (Å²) in [4.78, 5) is 14.0. The number of amides is 1. The van der Waals surface area contributed by atoms with Gasteiger partial charge in [0.05, 0.1) is 12.2 Å². The molecule has 0 saturated carbocycles. The number of hydrogen-bond donors (Lipinski definition) is 1. The van der Waals surface area contributed by atoms with Crippen molar-refractivity contribution >= 4 is 12.0 Å². The second kappa shape index (κ2) is 7.99. The van der Waals surface area contributed by atoms with E-state index in [1.165, 1.54) is 0 Å². The fourth-order valence-corrected chi connectivity index (χ4v) is 2.38. The zero-order valence-corrected chi connectivity index (χ0v) is 13.4. The van der Waals surface area contributed by atoms with Crippen molar-refractivity contribution in [1.82, 2.24) is 4.90 Å². The zero-order chi connectivity index (χ0) is 15.9. The quantitative estimate of drug-likeness (QED) is 0.851. The highest BCUT2D eigenvalue weighted by atomic mass is 16.5. The van der Waals surface area contributed by atoms with Crippen LogP contribution in [0.1, 0.15) is 38.7 Å². The summed E-state index contributed by atoms with van der Waals surface area (Å²) in [6, 6.07) is 7.74. The number of benzene rings is 1. The van der Waals surface area contributed by atoms with Gasteiger partial charge in [-0.15, -0.1) is 0 Å². The molecule has 1 atom stereocenters. The maximum Gasteiger partial charge on any atom is 0.246 e. The van der Waals surface area contributed by atoms with Gasteiger partial charge in [-0.05, 0) is 38.3 Å². The van der Waals surface area contributed by atoms with E-state index in [2.05, 4.69) is 6.92 Å². The fourth-order valence-electron chi connectivity index (χ4n) is 2.38. The first-order valence-electron chi connectivity index (χ1n) is 8.01. The third-order valence-electron chi connectivity index (χ3n) is 4.00. The molecule has 4 heteroatoms. The van der Waals surface area contributed by atoms with Crippen molar-refractivity contribution in [2.45, 2.75) is 45.3 Å². The Kier molecular flexibility index (Phi) is 6.01. The van der Waals surface area contributed by atoms with E-state index in [1.807, 2.05) is 37.3 Å². The van der Waals surface area contributed by atoms with Gasteiger partial charge >= 0.3 is 0 Å². The zero-order valence-electron chi connectivity index (χ0n) is 13.4. The van der Waals surface area contributed by atoms with Crippen molar-refractivity contribution in [2.24, 2.45) is 0 Å². The molecule has 1 aliphatic heterocycles. The highest BCUT2D eigenvalue weighted by Crippen LogP contribution is 2.21. The normalized spacial score (nSPS) is 17.7. The number of aliphatic hydroxyl groups is 1. The predicted molar refractivity (Wildman–Crippen MR) is 87.7 cm³/mol. The average Bonchev–Trinajstić information content (AvgIpc) is 2.54. The highest BCUT2D eigenvalue weighted by Gasteiger charge is 2.19. The minimum Gasteiger partial charge on any atom is -0.490 e. The molecule has 0 spiro atoms. The highest BCUT2D eigenvalue weighted by molar-refractivity contribution is 5.92. The number of piperidine rings is 1. The van der Waals surface area contributed by atoms with Gasteiger partial charge in [0, 0.05) is 24.7 Å². The van der Waals surface area contributed by atoms with E-state index in [4.69, 9.17) is 4.74 Å². The molecule has 0 radical (unpaired) electrons. The first-order chi connectivity index (χ1) is 10.6. The number of para-hydroxylation sites is 1. The molecule has 0 aromatic heterocycles. The van der Waals surface area contributed by atoms with Crippen LogP contribution < -0.4 is 4.74 Å². The lowest BCUT2D eigenvalue weighted by Crippen LogP contribution is -2.39. The Balaban J connectivity index is 2.01. The SMILES string of the molecule is CCC(C)Oc1ccccc1C=CC(=O)N1CCC(O)CC1. The second-order valence-electron chi connectivity index (χ2n) is 5.76. The Morgan fingerprint density at radius 1 is 1.41 bits per heavy atom. The molecule has 1 fully saturated rings. The minimum absolute atomic E-state index is 0.00903. The summed E-state index contributed by atoms with van der Waals surface area (Å²) in [6.45, 7) is 5.35. The molecule has 120 valence electrons. The molecule has 1 aliphatic rings. The molecule has 0 bridgehead atoms. The van der Waals surface area contributed by atoms with Crippen LogP contribution in [-0.4, -0.2) is 41.2 Å². The fraction of sp³-hybridized carbons (Fsp3) is 0.500. The third-order valence-corrected chi connectivity index (χ3v) is 4.00. The molecule has 4 nitrogen and oxygen atoms in total. The minimum atomic E-state index is -0.266. The van der Waals surface area contributed by atoms with Crippen molar-refractivity contribution in [3.63, 3.8) is 0 Å². The van der Waals surface area contributed by atoms with E-state index in [0.29, 0.717) is 25.9 Å². The summed E-state index contributed by atoms with van der Waals surface area (Å²) in [6.07, 6.45) is 5.54. The monoisotopic (exact) mass is 303 g/mol. The molecule has 1 aromatic carbocycles. The first kappa shape index (κ1) is 16.6. The largest absolute Gasteiger partial charge is 0.490 e. The topological polar surface area (TPSA) is 49.8 Å². The maximum atomic E-state index is 12.2. The number of nitrogens with zero attached hydrogens (tertiary/aromatic N) is 1. The number of carbonyl (C=O) groups is 1. The molecule has 1 unspecified atom stereocenters. The van der Waals surface area contributed by atoms with Crippen molar-refractivity contribution < 1.29 is 14.6 Å². The van der Waals surface area contributed by atoms with Gasteiger partial charge in [0.2, 0.25) is 5.91 Å². The lowest BCUT2D eigenvalue weighted by molar-refractivity contribution is -0.127. The Bertz CT molecular complexity index is 519. The van der Waals surface area contributed by atoms with Crippen LogP contribution in [-0.2, 0) is 4.79 Å². The van der Waals surface area contributed by atoms with E-state index >= 15 is 0 Å². The summed E-state index contributed by atoms with van der Waals surface area (Å²) in [7, 11) is 0. The van der Waals surface area contributed by atoms with Crippen molar-refractivity contribution in [1.29, 1.82) is 0 Å². The van der Waals surface area contributed by atoms with E-state index in [1.54, 1.807) is 11.0 Å². The number of rotatable bonds is 5. The molecule has 22 heavy (non-hydrogen) atoms. The molecule has 1 N–H and O–H groups in total. The molecule has 0 aliphatic carbocycles. The molecular weight excluding hydrogens is 278 g/mol. The van der Waals surface area contributed by atoms with Crippen LogP contribution >= 0.6 is 0 Å². The Morgan fingerprint density at radius 3 is 2.77 bits per heavy atom. The van der Waals surface area contributed by atoms with Gasteiger partial charge in [0.1, 0.15) is 5.75 Å². The standard InChI is InChI=1S/C18H25NO3/c1-3-14(2)22-17-7-5-4-6-15(17)8-9-18(21)19-12-10-16(20)11-13-19/h4-9,14,16,20H,3,10-13H2,1-2H3. The summed E-state index contributed by atoms with van der Waals surface area (Å²) < 4.78 is 5.88. The summed E-state index contributed by atoms with van der Waals surface area (Å²) in [5.74, 6) is 0.792. The van der Waals surface area contributed by atoms with Gasteiger partial charge in [0.15, 0.2) is 0 Å². The maximum absolute atomic E-state index is 12.2. The van der Waals surface area contributed by atoms with Crippen LogP contribution in [0.2, 0.25) is 0 Å². The third kappa shape index (κ3) is 4.60. The summed E-state index contributed by atoms with van der Waals surface area (Å²) >= 11 is 0. The summed E-state index contributed by atoms with van der Waals surface area (Å²) in [5.41, 5.74) is 0.910. The van der Waals surface area contributed by atoms with Crippen LogP contribution in [0.25, 0.3) is 6.08 Å². The molecule has 2 rings (SSSR count). The lowest BCUT2D eigenvalue weighted by atomic mass is 10.1. The molecule has 1 amide bonds. The van der Waals surface area contributed by atoms with E-state index in [-0.39, 0.29) is 18.1 Å². The smallest absolute Gasteiger partial charge is 0.246 e. The van der Waals surface area contributed by atoms with E-state index in [9.17, 15) is 9.90 Å². The number of likely N-dealkylation sites (tertiary alicyclic amines) is 1. The predicted octanol–water partition coefficient (Wildman–Crippen LogP) is 2.86. The molecular formula is C18H25NO3. The van der Waals surface area contributed by atoms with Gasteiger partial charge in [-0.3, -0.25) is 4.79 Å². The lowest BCUT2D eigenvalue weighted by Gasteiger charge is -2.28. The van der Waals surface area contributed by atoms with Gasteiger partial charge in [-0.25, -0.2) is 0 Å². The van der Waals surface area contributed by atoms with E-state index < -0.39 is 0 Å². The van der Waals surface area contributed by atoms with Gasteiger partial charge in [-0.1, -0.05) is 25.1 Å². The Labute approximate surface area is 132 Å². The van der Waals surface area contributed by atoms with Crippen LogP contribution in [0.3, 0.4) is 0 Å². The van der Waals surface area contributed by atoms with Crippen LogP contribution in [0.15, 0.2) is 30.3 Å². The molecule has 1 heterocycles. The average molecular weight is 303 g/mol. The van der Waals surface area contributed by atoms with Gasteiger partial charge in [-0.2, -0.15) is 0 Å². The Hall–Kier alpha value is -1.81. The number of hydrogen-bond acceptors (Lipinski definition) is 3. The van der Waals surface area contributed by atoms with Crippen LogP contribution in [0.4, 0.5) is 0 Å². The number of ether oxygens (including phenoxy) is 1. The van der Waals surface area contributed by atoms with Gasteiger partial charge in [0.25, 0.3) is 0 Å².